The zero-order chi connectivity index (χ0) is 46.8. The predicted octanol–water partition coefficient (Wildman–Crippen LogP) is 7.65. The molecule has 0 atom stereocenters. The molecule has 0 fully saturated rings. The maximum Gasteiger partial charge on any atom is 0.296 e. The smallest absolute Gasteiger partial charge is 0.296 e. The highest BCUT2D eigenvalue weighted by molar-refractivity contribution is 7.86. The Hall–Kier alpha value is -7.31. The molecule has 334 valence electrons. The highest BCUT2D eigenvalue weighted by Gasteiger charge is 2.25. The number of nitrogens with two attached hydrogens (primary N) is 1. The Morgan fingerprint density at radius 3 is 1.80 bits per heavy atom. The zero-order valence-electron chi connectivity index (χ0n) is 32.4. The van der Waals surface area contributed by atoms with Crippen LogP contribution in [-0.4, -0.2) is 81.0 Å². The molecule has 5 aromatic carbocycles. The first-order valence-electron chi connectivity index (χ1n) is 17.7. The number of aromatic hydroxyl groups is 1. The molecular weight excluding hydrogens is 958 g/mol. The van der Waals surface area contributed by atoms with E-state index in [0.29, 0.717) is 0 Å². The molecule has 65 heavy (non-hydrogen) atoms. The van der Waals surface area contributed by atoms with Gasteiger partial charge in [0.05, 0.1) is 22.4 Å². The number of aromatic nitrogens is 6. The van der Waals surface area contributed by atoms with Gasteiger partial charge in [0, 0.05) is 18.4 Å². The second-order valence-electron chi connectivity index (χ2n) is 12.9. The molecule has 0 saturated carbocycles. The summed E-state index contributed by atoms with van der Waals surface area (Å²) in [6, 6.07) is 18.4. The zero-order valence-corrected chi connectivity index (χ0v) is 36.3. The van der Waals surface area contributed by atoms with Crippen molar-refractivity contribution in [2.24, 2.45) is 20.5 Å². The number of phenolic OH excluding ortho intramolecular Hbond substituents is 1. The van der Waals surface area contributed by atoms with E-state index in [4.69, 9.17) is 28.9 Å². The van der Waals surface area contributed by atoms with Gasteiger partial charge in [0.25, 0.3) is 30.4 Å². The number of azo groups is 2. The molecule has 10 N–H and O–H groups in total. The van der Waals surface area contributed by atoms with E-state index in [-0.39, 0.29) is 84.9 Å². The van der Waals surface area contributed by atoms with Crippen molar-refractivity contribution in [3.05, 3.63) is 95.5 Å². The van der Waals surface area contributed by atoms with E-state index in [0.717, 1.165) is 18.2 Å². The van der Waals surface area contributed by atoms with Gasteiger partial charge in [-0.2, -0.15) is 60.3 Å². The quantitative estimate of drug-likeness (QED) is 0.0287. The van der Waals surface area contributed by atoms with Crippen LogP contribution in [0.25, 0.3) is 10.8 Å². The third-order valence-corrected chi connectivity index (χ3v) is 11.5. The Morgan fingerprint density at radius 1 is 0.569 bits per heavy atom. The topological polar surface area (TPSA) is 384 Å². The van der Waals surface area contributed by atoms with Crippen LogP contribution in [0.1, 0.15) is 0 Å². The van der Waals surface area contributed by atoms with Gasteiger partial charge in [-0.15, -0.1) is 15.3 Å². The predicted molar refractivity (Wildman–Crippen MR) is 236 cm³/mol. The van der Waals surface area contributed by atoms with Gasteiger partial charge in [-0.05, 0) is 89.3 Å². The second kappa shape index (κ2) is 18.1. The number of halogens is 2. The van der Waals surface area contributed by atoms with E-state index in [2.05, 4.69) is 71.6 Å². The minimum absolute atomic E-state index is 0.0281. The molecule has 0 unspecified atom stereocenters. The molecule has 25 nitrogen and oxygen atoms in total. The number of nitrogen functional groups attached to an aromatic ring is 1. The van der Waals surface area contributed by atoms with Crippen LogP contribution in [-0.2, 0) is 30.4 Å². The summed E-state index contributed by atoms with van der Waals surface area (Å²) in [7, 11) is -12.9. The first kappa shape index (κ1) is 45.7. The number of benzene rings is 5. The number of hydrogen-bond acceptors (Lipinski definition) is 22. The summed E-state index contributed by atoms with van der Waals surface area (Å²) in [5.41, 5.74) is 5.40. The standard InChI is InChI=1S/C35H27Cl2N15O10S3/c1-39-32-43-30(36)46-35(47-32)42-22-15-18(10-12-24(22)64(57,58)59)41-34-45-31(37)44-33(48-34)40-17-5-4-6-19(14-17)49-52-28-25(65(60,61)62)13-16-9-11-21(27(38)26(16)29(28)53)51-50-20-7-2-3-8-23(20)63(54,55)56/h2-15,53H,38H2,1H3,(H,54,55,56)(H,57,58,59)(H,60,61,62)(H2,39,42,43,46,47)(H2,40,41,44,45,48). The second-order valence-corrected chi connectivity index (χ2v) is 17.7. The molecule has 0 aliphatic rings. The number of rotatable bonds is 14. The average molecular weight is 985 g/mol. The molecule has 0 spiro atoms. The molecule has 30 heteroatoms. The van der Waals surface area contributed by atoms with E-state index >= 15 is 0 Å². The molecular formula is C35H27Cl2N15O10S3. The molecule has 2 aromatic heterocycles. The lowest BCUT2D eigenvalue weighted by Crippen LogP contribution is -2.08. The van der Waals surface area contributed by atoms with Crippen LogP contribution in [0.15, 0.2) is 120 Å². The SMILES string of the molecule is CNc1nc(Cl)nc(Nc2cc(Nc3nc(Cl)nc(Nc4cccc(N=Nc5c(S(=O)(=O)O)cc6ccc(N=Nc7ccccc7S(=O)(=O)O)c(N)c6c5O)c4)n3)ccc2S(=O)(=O)O)n1. The van der Waals surface area contributed by atoms with Crippen molar-refractivity contribution >= 4 is 134 Å². The Bertz CT molecular complexity index is 3460. The summed E-state index contributed by atoms with van der Waals surface area (Å²) in [4.78, 5) is 22.3. The van der Waals surface area contributed by atoms with Gasteiger partial charge >= 0.3 is 0 Å². The minimum Gasteiger partial charge on any atom is -0.505 e. The fourth-order valence-corrected chi connectivity index (χ4v) is 7.97. The molecule has 0 bridgehead atoms. The van der Waals surface area contributed by atoms with Crippen LogP contribution in [0.3, 0.4) is 0 Å². The normalized spacial score (nSPS) is 12.2. The lowest BCUT2D eigenvalue weighted by molar-refractivity contribution is 0.472. The summed E-state index contributed by atoms with van der Waals surface area (Å²) >= 11 is 12.2. The number of nitrogens with zero attached hydrogens (tertiary/aromatic N) is 10. The lowest BCUT2D eigenvalue weighted by Gasteiger charge is -2.13. The van der Waals surface area contributed by atoms with Crippen molar-refractivity contribution in [3.8, 4) is 5.75 Å². The van der Waals surface area contributed by atoms with Crippen molar-refractivity contribution in [2.45, 2.75) is 14.7 Å². The van der Waals surface area contributed by atoms with Crippen molar-refractivity contribution in [2.75, 3.05) is 34.0 Å². The van der Waals surface area contributed by atoms with Crippen molar-refractivity contribution in [1.29, 1.82) is 0 Å². The molecule has 7 aromatic rings. The van der Waals surface area contributed by atoms with E-state index in [1.807, 2.05) is 0 Å². The third kappa shape index (κ3) is 10.7. The summed E-state index contributed by atoms with van der Waals surface area (Å²) in [5, 5.41) is 37.7. The van der Waals surface area contributed by atoms with Gasteiger partial charge in [0.2, 0.25) is 34.4 Å². The number of fused-ring (bicyclic) bond motifs is 1. The highest BCUT2D eigenvalue weighted by Crippen LogP contribution is 2.46. The summed E-state index contributed by atoms with van der Waals surface area (Å²) in [6.45, 7) is 0. The van der Waals surface area contributed by atoms with Gasteiger partial charge in [-0.25, -0.2) is 0 Å². The van der Waals surface area contributed by atoms with E-state index in [1.54, 1.807) is 6.07 Å². The van der Waals surface area contributed by atoms with Crippen LogP contribution in [0.5, 0.6) is 5.75 Å². The third-order valence-electron chi connectivity index (χ3n) is 8.49. The molecule has 2 heterocycles. The van der Waals surface area contributed by atoms with Gasteiger partial charge in [0.1, 0.15) is 31.7 Å². The summed E-state index contributed by atoms with van der Waals surface area (Å²) < 4.78 is 103. The molecule has 0 saturated heterocycles. The van der Waals surface area contributed by atoms with Crippen LogP contribution in [0.4, 0.5) is 69.3 Å². The van der Waals surface area contributed by atoms with Crippen LogP contribution in [0.2, 0.25) is 10.6 Å². The number of anilines is 8. The minimum atomic E-state index is -5.04. The Balaban J connectivity index is 1.16. The Kier molecular flexibility index (Phi) is 12.7. The number of phenols is 1. The molecule has 0 amide bonds. The number of hydrogen-bond donors (Lipinski definition) is 9. The van der Waals surface area contributed by atoms with E-state index in [1.165, 1.54) is 67.7 Å². The first-order chi connectivity index (χ1) is 30.7. The fourth-order valence-electron chi connectivity index (χ4n) is 5.74. The molecule has 7 rings (SSSR count). The Labute approximate surface area is 376 Å². The largest absolute Gasteiger partial charge is 0.505 e. The monoisotopic (exact) mass is 983 g/mol. The van der Waals surface area contributed by atoms with E-state index < -0.39 is 56.5 Å². The van der Waals surface area contributed by atoms with Gasteiger partial charge in [0.15, 0.2) is 5.75 Å². The summed E-state index contributed by atoms with van der Waals surface area (Å²) in [6.07, 6.45) is 0. The molecule has 0 aliphatic carbocycles. The summed E-state index contributed by atoms with van der Waals surface area (Å²) in [5.74, 6) is -1.17. The van der Waals surface area contributed by atoms with Crippen LogP contribution < -0.4 is 27.0 Å². The van der Waals surface area contributed by atoms with Gasteiger partial charge in [-0.1, -0.05) is 24.3 Å². The van der Waals surface area contributed by atoms with Gasteiger partial charge in [-0.3, -0.25) is 13.7 Å². The van der Waals surface area contributed by atoms with Crippen LogP contribution >= 0.6 is 23.2 Å². The molecule has 0 radical (unpaired) electrons. The van der Waals surface area contributed by atoms with E-state index in [9.17, 15) is 44.0 Å². The maximum absolute atomic E-state index is 12.5. The van der Waals surface area contributed by atoms with Crippen molar-refractivity contribution in [1.82, 2.24) is 29.9 Å². The number of nitrogens with one attached hydrogen (secondary N) is 4. The Morgan fingerprint density at radius 2 is 1.15 bits per heavy atom. The van der Waals surface area contributed by atoms with Crippen molar-refractivity contribution in [3.63, 3.8) is 0 Å². The highest BCUT2D eigenvalue weighted by atomic mass is 35.5. The van der Waals surface area contributed by atoms with Gasteiger partial charge < -0.3 is 32.1 Å². The van der Waals surface area contributed by atoms with Crippen LogP contribution in [0, 0.1) is 0 Å². The fraction of sp³-hybridized carbons (Fsp3) is 0.0286. The first-order valence-corrected chi connectivity index (χ1v) is 22.7. The van der Waals surface area contributed by atoms with Crippen molar-refractivity contribution < 1.29 is 44.0 Å². The average Bonchev–Trinajstić information content (AvgIpc) is 3.21. The lowest BCUT2D eigenvalue weighted by atomic mass is 10.1. The maximum atomic E-state index is 12.5. The molecule has 0 aliphatic heterocycles.